The Morgan fingerprint density at radius 1 is 1.12 bits per heavy atom. The summed E-state index contributed by atoms with van der Waals surface area (Å²) in [5, 5.41) is 10.3. The molecule has 0 fully saturated rings. The first-order chi connectivity index (χ1) is 15.5. The zero-order valence-electron chi connectivity index (χ0n) is 17.6. The highest BCUT2D eigenvalue weighted by atomic mass is 35.5. The Morgan fingerprint density at radius 2 is 1.84 bits per heavy atom. The number of carboxylic acid groups (broad SMARTS) is 1. The fourth-order valence-corrected chi connectivity index (χ4v) is 4.08. The van der Waals surface area contributed by atoms with Crippen molar-refractivity contribution in [1.29, 1.82) is 0 Å². The molecule has 4 rings (SSSR count). The monoisotopic (exact) mass is 453 g/mol. The fourth-order valence-electron chi connectivity index (χ4n) is 3.91. The van der Waals surface area contributed by atoms with E-state index in [9.17, 15) is 9.90 Å². The Morgan fingerprint density at radius 3 is 2.53 bits per heavy atom. The van der Waals surface area contributed by atoms with Crippen LogP contribution in [0.2, 0.25) is 5.02 Å². The fraction of sp³-hybridized carbons (Fsp3) is 0.280. The molecule has 1 aliphatic rings. The van der Waals surface area contributed by atoms with Crippen LogP contribution in [0.1, 0.15) is 30.4 Å². The molecule has 166 valence electrons. The van der Waals surface area contributed by atoms with Gasteiger partial charge in [0.05, 0.1) is 5.92 Å². The maximum Gasteiger partial charge on any atom is 0.307 e. The van der Waals surface area contributed by atoms with Gasteiger partial charge in [-0.25, -0.2) is 0 Å². The second-order valence-electron chi connectivity index (χ2n) is 7.63. The summed E-state index contributed by atoms with van der Waals surface area (Å²) in [6.45, 7) is 2.58. The summed E-state index contributed by atoms with van der Waals surface area (Å²) >= 11 is 6.03. The van der Waals surface area contributed by atoms with E-state index in [0.717, 1.165) is 11.1 Å². The standard InChI is InChI=1S/C25H24ClNO5/c1-2-21(25(28)29)24(17-9-11-27-12-10-17)16-3-6-19(7-4-16)30-14-20-15-31-22-8-5-18(26)13-23(22)32-20/h3-13,20-21,24H,2,14-15H2,1H3,(H,28,29). The number of hydrogen-bond acceptors (Lipinski definition) is 5. The van der Waals surface area contributed by atoms with E-state index in [-0.39, 0.29) is 12.0 Å². The van der Waals surface area contributed by atoms with E-state index in [1.807, 2.05) is 43.3 Å². The van der Waals surface area contributed by atoms with Crippen molar-refractivity contribution in [3.05, 3.63) is 83.1 Å². The number of fused-ring (bicyclic) bond motifs is 1. The number of hydrogen-bond donors (Lipinski definition) is 1. The molecule has 0 aliphatic carbocycles. The Balaban J connectivity index is 1.45. The van der Waals surface area contributed by atoms with Gasteiger partial charge in [-0.1, -0.05) is 30.7 Å². The van der Waals surface area contributed by atoms with Crippen molar-refractivity contribution in [1.82, 2.24) is 4.98 Å². The zero-order chi connectivity index (χ0) is 22.5. The van der Waals surface area contributed by atoms with Crippen LogP contribution < -0.4 is 14.2 Å². The molecule has 0 bridgehead atoms. The highest BCUT2D eigenvalue weighted by molar-refractivity contribution is 6.30. The van der Waals surface area contributed by atoms with Crippen LogP contribution >= 0.6 is 11.6 Å². The van der Waals surface area contributed by atoms with Crippen molar-refractivity contribution in [3.63, 3.8) is 0 Å². The molecule has 6 nitrogen and oxygen atoms in total. The van der Waals surface area contributed by atoms with Gasteiger partial charge in [-0.05, 0) is 53.9 Å². The van der Waals surface area contributed by atoms with Crippen LogP contribution in [0.3, 0.4) is 0 Å². The summed E-state index contributed by atoms with van der Waals surface area (Å²) in [6.07, 6.45) is 3.63. The van der Waals surface area contributed by atoms with Crippen molar-refractivity contribution in [2.24, 2.45) is 5.92 Å². The van der Waals surface area contributed by atoms with Gasteiger partial charge in [-0.3, -0.25) is 9.78 Å². The number of aromatic nitrogens is 1. The molecule has 2 aromatic carbocycles. The summed E-state index contributed by atoms with van der Waals surface area (Å²) in [4.78, 5) is 16.0. The smallest absolute Gasteiger partial charge is 0.307 e. The lowest BCUT2D eigenvalue weighted by molar-refractivity contribution is -0.142. The van der Waals surface area contributed by atoms with E-state index in [1.165, 1.54) is 0 Å². The van der Waals surface area contributed by atoms with E-state index in [4.69, 9.17) is 25.8 Å². The van der Waals surface area contributed by atoms with E-state index in [0.29, 0.717) is 41.9 Å². The zero-order valence-corrected chi connectivity index (χ0v) is 18.4. The first kappa shape index (κ1) is 22.0. The lowest BCUT2D eigenvalue weighted by Gasteiger charge is -2.27. The molecule has 1 aromatic heterocycles. The first-order valence-electron chi connectivity index (χ1n) is 10.5. The van der Waals surface area contributed by atoms with E-state index >= 15 is 0 Å². The van der Waals surface area contributed by atoms with Gasteiger partial charge in [0.25, 0.3) is 0 Å². The molecular weight excluding hydrogens is 430 g/mol. The topological polar surface area (TPSA) is 77.9 Å². The lowest BCUT2D eigenvalue weighted by Crippen LogP contribution is -2.34. The number of pyridine rings is 1. The predicted molar refractivity (Wildman–Crippen MR) is 121 cm³/mol. The molecular formula is C25H24ClNO5. The van der Waals surface area contributed by atoms with Crippen molar-refractivity contribution in [2.45, 2.75) is 25.4 Å². The van der Waals surface area contributed by atoms with Crippen LogP contribution in [0.5, 0.6) is 17.2 Å². The molecule has 3 atom stereocenters. The van der Waals surface area contributed by atoms with Crippen LogP contribution in [0.4, 0.5) is 0 Å². The summed E-state index contributed by atoms with van der Waals surface area (Å²) in [6, 6.07) is 16.5. The quantitative estimate of drug-likeness (QED) is 0.505. The second-order valence-corrected chi connectivity index (χ2v) is 8.07. The molecule has 2 heterocycles. The minimum atomic E-state index is -0.815. The van der Waals surface area contributed by atoms with Gasteiger partial charge >= 0.3 is 5.97 Å². The molecule has 0 spiro atoms. The number of benzene rings is 2. The summed E-state index contributed by atoms with van der Waals surface area (Å²) in [5.74, 6) is 0.318. The van der Waals surface area contributed by atoms with Crippen molar-refractivity contribution >= 4 is 17.6 Å². The normalized spacial score (nSPS) is 16.8. The van der Waals surface area contributed by atoms with Crippen molar-refractivity contribution < 1.29 is 24.1 Å². The molecule has 0 radical (unpaired) electrons. The van der Waals surface area contributed by atoms with E-state index in [2.05, 4.69) is 4.98 Å². The SMILES string of the molecule is CCC(C(=O)O)C(c1ccncc1)c1ccc(OCC2COc3ccc(Cl)cc3O2)cc1. The summed E-state index contributed by atoms with van der Waals surface area (Å²) in [5.41, 5.74) is 1.84. The average molecular weight is 454 g/mol. The molecule has 0 saturated carbocycles. The Labute approximate surface area is 191 Å². The van der Waals surface area contributed by atoms with Crippen LogP contribution in [0.15, 0.2) is 67.0 Å². The molecule has 3 aromatic rings. The molecule has 0 saturated heterocycles. The molecule has 7 heteroatoms. The third kappa shape index (κ3) is 4.97. The number of ether oxygens (including phenoxy) is 3. The van der Waals surface area contributed by atoms with Gasteiger partial charge in [0.15, 0.2) is 17.6 Å². The summed E-state index contributed by atoms with van der Waals surface area (Å²) < 4.78 is 17.5. The highest BCUT2D eigenvalue weighted by Gasteiger charge is 2.29. The van der Waals surface area contributed by atoms with Crippen molar-refractivity contribution in [2.75, 3.05) is 13.2 Å². The van der Waals surface area contributed by atoms with Crippen LogP contribution in [0.25, 0.3) is 0 Å². The Kier molecular flexibility index (Phi) is 6.81. The predicted octanol–water partition coefficient (Wildman–Crippen LogP) is 5.20. The number of carboxylic acids is 1. The van der Waals surface area contributed by atoms with E-state index in [1.54, 1.807) is 30.6 Å². The molecule has 3 unspecified atom stereocenters. The number of halogens is 1. The molecule has 1 aliphatic heterocycles. The van der Waals surface area contributed by atoms with Crippen LogP contribution in [0, 0.1) is 5.92 Å². The van der Waals surface area contributed by atoms with Crippen molar-refractivity contribution in [3.8, 4) is 17.2 Å². The Hall–Kier alpha value is -3.25. The molecule has 0 amide bonds. The number of carbonyl (C=O) groups is 1. The van der Waals surface area contributed by atoms with Gasteiger partial charge in [0.1, 0.15) is 19.0 Å². The van der Waals surface area contributed by atoms with Gasteiger partial charge in [0, 0.05) is 29.4 Å². The highest BCUT2D eigenvalue weighted by Crippen LogP contribution is 2.36. The molecule has 1 N–H and O–H groups in total. The van der Waals surface area contributed by atoms with E-state index < -0.39 is 11.9 Å². The van der Waals surface area contributed by atoms with Crippen LogP contribution in [-0.4, -0.2) is 35.4 Å². The van der Waals surface area contributed by atoms with Gasteiger partial charge in [-0.2, -0.15) is 0 Å². The number of rotatable bonds is 8. The number of aliphatic carboxylic acids is 1. The minimum Gasteiger partial charge on any atom is -0.490 e. The van der Waals surface area contributed by atoms with Crippen LogP contribution in [-0.2, 0) is 4.79 Å². The Bertz CT molecular complexity index is 1060. The third-order valence-corrected chi connectivity index (χ3v) is 5.76. The lowest BCUT2D eigenvalue weighted by atomic mass is 9.79. The van der Waals surface area contributed by atoms with Gasteiger partial charge in [0.2, 0.25) is 0 Å². The second kappa shape index (κ2) is 9.92. The average Bonchev–Trinajstić information content (AvgIpc) is 2.81. The first-order valence-corrected chi connectivity index (χ1v) is 10.9. The number of nitrogens with zero attached hydrogens (tertiary/aromatic N) is 1. The maximum atomic E-state index is 11.9. The summed E-state index contributed by atoms with van der Waals surface area (Å²) in [7, 11) is 0. The maximum absolute atomic E-state index is 11.9. The largest absolute Gasteiger partial charge is 0.490 e. The minimum absolute atomic E-state index is 0.262. The molecule has 32 heavy (non-hydrogen) atoms. The van der Waals surface area contributed by atoms with Gasteiger partial charge < -0.3 is 19.3 Å². The van der Waals surface area contributed by atoms with Gasteiger partial charge in [-0.15, -0.1) is 0 Å². The third-order valence-electron chi connectivity index (χ3n) is 5.52.